The molecule has 27 heavy (non-hydrogen) atoms. The third kappa shape index (κ3) is 6.36. The number of allylic oxidation sites excluding steroid dienone is 1. The topological polar surface area (TPSA) is 27.7 Å². The maximum atomic E-state index is 5.87. The van der Waals surface area contributed by atoms with Gasteiger partial charge in [-0.3, -0.25) is 0 Å². The summed E-state index contributed by atoms with van der Waals surface area (Å²) in [5, 5.41) is 0. The first-order valence-corrected chi connectivity index (χ1v) is 10.9. The molecule has 1 saturated heterocycles. The molecule has 1 aliphatic carbocycles. The van der Waals surface area contributed by atoms with Crippen LogP contribution in [0, 0.1) is 17.8 Å². The monoisotopic (exact) mass is 372 g/mol. The van der Waals surface area contributed by atoms with Crippen LogP contribution in [0.3, 0.4) is 0 Å². The van der Waals surface area contributed by atoms with Crippen molar-refractivity contribution in [1.82, 2.24) is 0 Å². The summed E-state index contributed by atoms with van der Waals surface area (Å²) in [5.74, 6) is 3.14. The quantitative estimate of drug-likeness (QED) is 0.501. The van der Waals surface area contributed by atoms with Crippen LogP contribution in [0.2, 0.25) is 0 Å². The van der Waals surface area contributed by atoms with Crippen molar-refractivity contribution in [3.63, 3.8) is 0 Å². The first kappa shape index (κ1) is 20.4. The van der Waals surface area contributed by atoms with Crippen LogP contribution < -0.4 is 4.74 Å². The van der Waals surface area contributed by atoms with Crippen molar-refractivity contribution >= 4 is 0 Å². The Morgan fingerprint density at radius 1 is 0.963 bits per heavy atom. The lowest BCUT2D eigenvalue weighted by atomic mass is 9.80. The van der Waals surface area contributed by atoms with Crippen molar-refractivity contribution in [2.45, 2.75) is 65.1 Å². The summed E-state index contributed by atoms with van der Waals surface area (Å²) in [7, 11) is 0. The molecule has 1 saturated carbocycles. The SMILES string of the molecule is CCC[C@H]1CC[C@H](/C=C/COc2ccc([C@H]3OC[C@H](CC)CO3)cc2)CC1. The normalized spacial score (nSPS) is 29.1. The van der Waals surface area contributed by atoms with Gasteiger partial charge in [0.25, 0.3) is 0 Å². The van der Waals surface area contributed by atoms with E-state index < -0.39 is 0 Å². The van der Waals surface area contributed by atoms with Gasteiger partial charge in [0.15, 0.2) is 6.29 Å². The van der Waals surface area contributed by atoms with E-state index in [9.17, 15) is 0 Å². The van der Waals surface area contributed by atoms with Gasteiger partial charge in [-0.05, 0) is 56.1 Å². The Balaban J connectivity index is 1.37. The van der Waals surface area contributed by atoms with Crippen molar-refractivity contribution < 1.29 is 14.2 Å². The lowest BCUT2D eigenvalue weighted by molar-refractivity contribution is -0.205. The predicted molar refractivity (Wildman–Crippen MR) is 110 cm³/mol. The summed E-state index contributed by atoms with van der Waals surface area (Å²) in [4.78, 5) is 0. The molecule has 2 aliphatic rings. The Bertz CT molecular complexity index is 549. The van der Waals surface area contributed by atoms with Gasteiger partial charge in [-0.15, -0.1) is 0 Å². The lowest BCUT2D eigenvalue weighted by Gasteiger charge is -2.29. The van der Waals surface area contributed by atoms with E-state index in [4.69, 9.17) is 14.2 Å². The highest BCUT2D eigenvalue weighted by Gasteiger charge is 2.22. The van der Waals surface area contributed by atoms with Crippen molar-refractivity contribution in [3.8, 4) is 5.75 Å². The zero-order chi connectivity index (χ0) is 18.9. The molecule has 150 valence electrons. The molecule has 1 aliphatic heterocycles. The molecule has 3 nitrogen and oxygen atoms in total. The van der Waals surface area contributed by atoms with Gasteiger partial charge in [-0.1, -0.05) is 51.0 Å². The van der Waals surface area contributed by atoms with Gasteiger partial charge in [-0.2, -0.15) is 0 Å². The van der Waals surface area contributed by atoms with Crippen LogP contribution in [0.4, 0.5) is 0 Å². The minimum Gasteiger partial charge on any atom is -0.490 e. The smallest absolute Gasteiger partial charge is 0.183 e. The van der Waals surface area contributed by atoms with E-state index in [1.165, 1.54) is 38.5 Å². The molecule has 0 radical (unpaired) electrons. The molecule has 0 unspecified atom stereocenters. The number of benzene rings is 1. The van der Waals surface area contributed by atoms with Crippen molar-refractivity contribution in [3.05, 3.63) is 42.0 Å². The number of hydrogen-bond acceptors (Lipinski definition) is 3. The fourth-order valence-corrected chi connectivity index (χ4v) is 4.16. The maximum absolute atomic E-state index is 5.87. The molecule has 3 rings (SSSR count). The molecule has 1 aromatic rings. The van der Waals surface area contributed by atoms with Crippen molar-refractivity contribution in [1.29, 1.82) is 0 Å². The summed E-state index contributed by atoms with van der Waals surface area (Å²) in [6.45, 7) is 6.68. The fraction of sp³-hybridized carbons (Fsp3) is 0.667. The maximum Gasteiger partial charge on any atom is 0.183 e. The van der Waals surface area contributed by atoms with Gasteiger partial charge in [0.2, 0.25) is 0 Å². The predicted octanol–water partition coefficient (Wildman–Crippen LogP) is 6.30. The molecule has 0 spiro atoms. The van der Waals surface area contributed by atoms with Crippen LogP contribution in [-0.2, 0) is 9.47 Å². The Morgan fingerprint density at radius 2 is 1.67 bits per heavy atom. The minimum absolute atomic E-state index is 0.232. The van der Waals surface area contributed by atoms with E-state index in [0.29, 0.717) is 12.5 Å². The van der Waals surface area contributed by atoms with Gasteiger partial charge in [0.1, 0.15) is 12.4 Å². The van der Waals surface area contributed by atoms with Crippen LogP contribution in [0.1, 0.15) is 70.6 Å². The van der Waals surface area contributed by atoms with E-state index in [1.54, 1.807) is 0 Å². The van der Waals surface area contributed by atoms with Gasteiger partial charge >= 0.3 is 0 Å². The molecule has 0 bridgehead atoms. The van der Waals surface area contributed by atoms with Gasteiger partial charge in [-0.25, -0.2) is 0 Å². The van der Waals surface area contributed by atoms with Crippen molar-refractivity contribution in [2.75, 3.05) is 19.8 Å². The third-order valence-electron chi connectivity index (χ3n) is 6.04. The Morgan fingerprint density at radius 3 is 2.30 bits per heavy atom. The molecule has 1 heterocycles. The second-order valence-electron chi connectivity index (χ2n) is 8.15. The van der Waals surface area contributed by atoms with Gasteiger partial charge < -0.3 is 14.2 Å². The molecular weight excluding hydrogens is 336 g/mol. The zero-order valence-corrected chi connectivity index (χ0v) is 17.1. The van der Waals surface area contributed by atoms with E-state index in [0.717, 1.165) is 42.8 Å². The highest BCUT2D eigenvalue weighted by atomic mass is 16.7. The van der Waals surface area contributed by atoms with Crippen LogP contribution in [-0.4, -0.2) is 19.8 Å². The molecule has 0 amide bonds. The van der Waals surface area contributed by atoms with Crippen LogP contribution in [0.25, 0.3) is 0 Å². The summed E-state index contributed by atoms with van der Waals surface area (Å²) in [6.07, 6.45) is 13.7. The van der Waals surface area contributed by atoms with Crippen molar-refractivity contribution in [2.24, 2.45) is 17.8 Å². The molecule has 0 N–H and O–H groups in total. The van der Waals surface area contributed by atoms with Crippen LogP contribution in [0.5, 0.6) is 5.75 Å². The molecule has 2 fully saturated rings. The van der Waals surface area contributed by atoms with E-state index in [-0.39, 0.29) is 6.29 Å². The third-order valence-corrected chi connectivity index (χ3v) is 6.04. The standard InChI is InChI=1S/C24H36O3/c1-3-6-20-8-10-21(11-9-20)7-5-16-25-23-14-12-22(13-15-23)24-26-17-19(4-2)18-27-24/h5,7,12-15,19-21,24H,3-4,6,8-11,16-18H2,1-2H3/b7-5+/t19-,20-,21-,24-. The second-order valence-corrected chi connectivity index (χ2v) is 8.15. The number of ether oxygens (including phenoxy) is 3. The first-order chi connectivity index (χ1) is 13.3. The highest BCUT2D eigenvalue weighted by Crippen LogP contribution is 2.32. The summed E-state index contributed by atoms with van der Waals surface area (Å²) >= 11 is 0. The number of hydrogen-bond donors (Lipinski definition) is 0. The van der Waals surface area contributed by atoms with Crippen LogP contribution >= 0.6 is 0 Å². The van der Waals surface area contributed by atoms with Crippen LogP contribution in [0.15, 0.2) is 36.4 Å². The summed E-state index contributed by atoms with van der Waals surface area (Å²) < 4.78 is 17.5. The largest absolute Gasteiger partial charge is 0.490 e. The Kier molecular flexibility index (Phi) is 8.22. The average Bonchev–Trinajstić information content (AvgIpc) is 2.73. The highest BCUT2D eigenvalue weighted by molar-refractivity contribution is 5.28. The zero-order valence-electron chi connectivity index (χ0n) is 17.1. The lowest BCUT2D eigenvalue weighted by Crippen LogP contribution is -2.26. The fourth-order valence-electron chi connectivity index (χ4n) is 4.16. The van der Waals surface area contributed by atoms with E-state index >= 15 is 0 Å². The summed E-state index contributed by atoms with van der Waals surface area (Å²) in [5.41, 5.74) is 1.07. The van der Waals surface area contributed by atoms with Gasteiger partial charge in [0.05, 0.1) is 13.2 Å². The minimum atomic E-state index is -0.232. The number of rotatable bonds is 8. The van der Waals surface area contributed by atoms with E-state index in [2.05, 4.69) is 26.0 Å². The molecule has 0 aromatic heterocycles. The summed E-state index contributed by atoms with van der Waals surface area (Å²) in [6, 6.07) is 8.12. The second kappa shape index (κ2) is 10.9. The Hall–Kier alpha value is -1.32. The molecule has 3 heteroatoms. The molecule has 0 atom stereocenters. The van der Waals surface area contributed by atoms with E-state index in [1.807, 2.05) is 24.3 Å². The van der Waals surface area contributed by atoms with Gasteiger partial charge in [0, 0.05) is 11.5 Å². The molecule has 1 aromatic carbocycles. The molecular formula is C24H36O3. The Labute approximate surface area is 165 Å². The first-order valence-electron chi connectivity index (χ1n) is 10.9. The average molecular weight is 373 g/mol.